The average molecular weight is 269 g/mol. The number of hydrogen-bond acceptors (Lipinski definition) is 2. The smallest absolute Gasteiger partial charge is 0.126 e. The zero-order chi connectivity index (χ0) is 14.2. The van der Waals surface area contributed by atoms with Gasteiger partial charge in [-0.25, -0.2) is 4.39 Å². The van der Waals surface area contributed by atoms with E-state index in [0.29, 0.717) is 12.4 Å². The zero-order valence-corrected chi connectivity index (χ0v) is 11.1. The monoisotopic (exact) mass is 269 g/mol. The summed E-state index contributed by atoms with van der Waals surface area (Å²) in [5.74, 6) is 0.104. The van der Waals surface area contributed by atoms with Crippen molar-refractivity contribution in [3.05, 3.63) is 66.0 Å². The Labute approximate surface area is 118 Å². The van der Waals surface area contributed by atoms with Crippen molar-refractivity contribution in [3.8, 4) is 11.8 Å². The summed E-state index contributed by atoms with van der Waals surface area (Å²) >= 11 is 0. The summed E-state index contributed by atoms with van der Waals surface area (Å²) in [6, 6.07) is 18.1. The Morgan fingerprint density at radius 3 is 2.60 bits per heavy atom. The Morgan fingerprint density at radius 1 is 1.10 bits per heavy atom. The maximum absolute atomic E-state index is 13.0. The lowest BCUT2D eigenvalue weighted by Crippen LogP contribution is -2.02. The molecule has 0 aliphatic heterocycles. The van der Waals surface area contributed by atoms with E-state index in [4.69, 9.17) is 4.74 Å². The van der Waals surface area contributed by atoms with Crippen LogP contribution in [0.3, 0.4) is 0 Å². The van der Waals surface area contributed by atoms with Crippen LogP contribution in [0.25, 0.3) is 0 Å². The number of ether oxygens (including phenoxy) is 1. The van der Waals surface area contributed by atoms with Crippen molar-refractivity contribution in [3.63, 3.8) is 0 Å². The van der Waals surface area contributed by atoms with Gasteiger partial charge in [-0.3, -0.25) is 0 Å². The fraction of sp³-hybridized carbons (Fsp3) is 0.235. The number of halogens is 1. The third kappa shape index (κ3) is 4.10. The molecule has 0 N–H and O–H groups in total. The maximum atomic E-state index is 13.0. The lowest BCUT2D eigenvalue weighted by molar-refractivity contribution is 0.303. The number of rotatable bonds is 6. The van der Waals surface area contributed by atoms with Gasteiger partial charge in [-0.05, 0) is 30.5 Å². The van der Waals surface area contributed by atoms with Gasteiger partial charge in [0, 0.05) is 6.07 Å². The molecule has 0 saturated carbocycles. The lowest BCUT2D eigenvalue weighted by atomic mass is 9.96. The van der Waals surface area contributed by atoms with Crippen LogP contribution in [-0.4, -0.2) is 6.61 Å². The second-order valence-electron chi connectivity index (χ2n) is 4.54. The van der Waals surface area contributed by atoms with Gasteiger partial charge in [0.25, 0.3) is 0 Å². The minimum Gasteiger partial charge on any atom is -0.493 e. The van der Waals surface area contributed by atoms with Crippen LogP contribution >= 0.6 is 0 Å². The van der Waals surface area contributed by atoms with Crippen LogP contribution in [0.5, 0.6) is 5.75 Å². The third-order valence-electron chi connectivity index (χ3n) is 3.06. The first-order chi connectivity index (χ1) is 9.79. The molecule has 0 saturated heterocycles. The van der Waals surface area contributed by atoms with E-state index in [1.54, 1.807) is 12.1 Å². The van der Waals surface area contributed by atoms with Gasteiger partial charge in [0.2, 0.25) is 0 Å². The molecule has 2 rings (SSSR count). The molecule has 1 atom stereocenters. The van der Waals surface area contributed by atoms with Crippen molar-refractivity contribution in [1.29, 1.82) is 5.26 Å². The van der Waals surface area contributed by atoms with Gasteiger partial charge < -0.3 is 4.74 Å². The molecular weight excluding hydrogens is 253 g/mol. The van der Waals surface area contributed by atoms with Crippen LogP contribution in [0.4, 0.5) is 4.39 Å². The molecule has 0 heterocycles. The predicted molar refractivity (Wildman–Crippen MR) is 75.9 cm³/mol. The fourth-order valence-electron chi connectivity index (χ4n) is 2.03. The van der Waals surface area contributed by atoms with E-state index in [2.05, 4.69) is 6.07 Å². The minimum atomic E-state index is -0.304. The van der Waals surface area contributed by atoms with Crippen LogP contribution in [0.2, 0.25) is 0 Å². The van der Waals surface area contributed by atoms with Gasteiger partial charge in [0.05, 0.1) is 18.6 Å². The average Bonchev–Trinajstić information content (AvgIpc) is 2.48. The van der Waals surface area contributed by atoms with Gasteiger partial charge in [0.15, 0.2) is 0 Å². The van der Waals surface area contributed by atoms with Gasteiger partial charge >= 0.3 is 0 Å². The van der Waals surface area contributed by atoms with Crippen molar-refractivity contribution in [2.75, 3.05) is 6.61 Å². The summed E-state index contributed by atoms with van der Waals surface area (Å²) in [5, 5.41) is 9.19. The quantitative estimate of drug-likeness (QED) is 0.733. The summed E-state index contributed by atoms with van der Waals surface area (Å²) in [4.78, 5) is 0. The second-order valence-corrected chi connectivity index (χ2v) is 4.54. The SMILES string of the molecule is N#CC(CCCOc1cccc(F)c1)c1ccccc1. The molecule has 0 aliphatic carbocycles. The Balaban J connectivity index is 1.79. The van der Waals surface area contributed by atoms with Crippen molar-refractivity contribution in [2.24, 2.45) is 0 Å². The standard InChI is InChI=1S/C17H16FNO/c18-16-9-4-10-17(12-16)20-11-5-8-15(13-19)14-6-2-1-3-7-14/h1-4,6-7,9-10,12,15H,5,8,11H2. The Hall–Kier alpha value is -2.34. The highest BCUT2D eigenvalue weighted by atomic mass is 19.1. The maximum Gasteiger partial charge on any atom is 0.126 e. The third-order valence-corrected chi connectivity index (χ3v) is 3.06. The van der Waals surface area contributed by atoms with Crippen LogP contribution in [0.1, 0.15) is 24.3 Å². The second kappa shape index (κ2) is 7.30. The van der Waals surface area contributed by atoms with Crippen LogP contribution in [0, 0.1) is 17.1 Å². The first-order valence-electron chi connectivity index (χ1n) is 6.62. The molecule has 2 aromatic rings. The van der Waals surface area contributed by atoms with E-state index in [1.165, 1.54) is 12.1 Å². The zero-order valence-electron chi connectivity index (χ0n) is 11.1. The first kappa shape index (κ1) is 14.1. The molecule has 0 bridgehead atoms. The molecule has 2 aromatic carbocycles. The highest BCUT2D eigenvalue weighted by Crippen LogP contribution is 2.20. The summed E-state index contributed by atoms with van der Waals surface area (Å²) in [6.45, 7) is 0.481. The van der Waals surface area contributed by atoms with Crippen molar-refractivity contribution in [1.82, 2.24) is 0 Å². The molecule has 0 aliphatic rings. The number of nitriles is 1. The molecule has 1 unspecified atom stereocenters. The van der Waals surface area contributed by atoms with Crippen LogP contribution in [-0.2, 0) is 0 Å². The van der Waals surface area contributed by atoms with Crippen molar-refractivity contribution < 1.29 is 9.13 Å². The summed E-state index contributed by atoms with van der Waals surface area (Å²) < 4.78 is 18.4. The predicted octanol–water partition coefficient (Wildman–Crippen LogP) is 4.29. The normalized spacial score (nSPS) is 11.6. The molecule has 3 heteroatoms. The largest absolute Gasteiger partial charge is 0.493 e. The van der Waals surface area contributed by atoms with Crippen LogP contribution in [0.15, 0.2) is 54.6 Å². The molecule has 20 heavy (non-hydrogen) atoms. The summed E-state index contributed by atoms with van der Waals surface area (Å²) in [7, 11) is 0. The lowest BCUT2D eigenvalue weighted by Gasteiger charge is -2.10. The molecule has 0 radical (unpaired) electrons. The van der Waals surface area contributed by atoms with Crippen molar-refractivity contribution in [2.45, 2.75) is 18.8 Å². The molecule has 2 nitrogen and oxygen atoms in total. The highest BCUT2D eigenvalue weighted by Gasteiger charge is 2.09. The minimum absolute atomic E-state index is 0.118. The highest BCUT2D eigenvalue weighted by molar-refractivity contribution is 5.24. The van der Waals surface area contributed by atoms with E-state index < -0.39 is 0 Å². The van der Waals surface area contributed by atoms with Gasteiger partial charge in [-0.1, -0.05) is 36.4 Å². The van der Waals surface area contributed by atoms with E-state index in [9.17, 15) is 9.65 Å². The molecule has 102 valence electrons. The molecule has 0 fully saturated rings. The molecule has 0 spiro atoms. The Morgan fingerprint density at radius 2 is 1.90 bits per heavy atom. The summed E-state index contributed by atoms with van der Waals surface area (Å²) in [5.41, 5.74) is 1.03. The Kier molecular flexibility index (Phi) is 5.14. The summed E-state index contributed by atoms with van der Waals surface area (Å²) in [6.07, 6.45) is 1.49. The molecular formula is C17H16FNO. The molecule has 0 aromatic heterocycles. The van der Waals surface area contributed by atoms with Gasteiger partial charge in [-0.2, -0.15) is 5.26 Å². The van der Waals surface area contributed by atoms with E-state index in [-0.39, 0.29) is 11.7 Å². The fourth-order valence-corrected chi connectivity index (χ4v) is 2.03. The van der Waals surface area contributed by atoms with E-state index in [1.807, 2.05) is 30.3 Å². The van der Waals surface area contributed by atoms with Gasteiger partial charge in [0.1, 0.15) is 11.6 Å². The number of benzene rings is 2. The molecule has 0 amide bonds. The van der Waals surface area contributed by atoms with Crippen LogP contribution < -0.4 is 4.74 Å². The van der Waals surface area contributed by atoms with E-state index in [0.717, 1.165) is 18.4 Å². The van der Waals surface area contributed by atoms with Gasteiger partial charge in [-0.15, -0.1) is 0 Å². The number of nitrogens with zero attached hydrogens (tertiary/aromatic N) is 1. The topological polar surface area (TPSA) is 33.0 Å². The van der Waals surface area contributed by atoms with Crippen molar-refractivity contribution >= 4 is 0 Å². The first-order valence-corrected chi connectivity index (χ1v) is 6.62. The van der Waals surface area contributed by atoms with E-state index >= 15 is 0 Å². The Bertz CT molecular complexity index is 577. The number of hydrogen-bond donors (Lipinski definition) is 0.